The number of piperazine rings is 1. The average molecular weight is 554 g/mol. The number of amides is 2. The predicted octanol–water partition coefficient (Wildman–Crippen LogP) is 5.21. The molecule has 212 valence electrons. The number of methoxy groups -OCH3 is 2. The Morgan fingerprint density at radius 3 is 2.49 bits per heavy atom. The Hall–Kier alpha value is -4.46. The zero-order chi connectivity index (χ0) is 28.7. The Morgan fingerprint density at radius 2 is 1.76 bits per heavy atom. The number of nitrogens with zero attached hydrogens (tertiary/aromatic N) is 2. The number of benzene rings is 3. The van der Waals surface area contributed by atoms with Crippen molar-refractivity contribution in [1.29, 1.82) is 0 Å². The van der Waals surface area contributed by atoms with Crippen LogP contribution in [0.1, 0.15) is 48.6 Å². The molecule has 0 spiro atoms. The minimum absolute atomic E-state index is 0.0237. The maximum absolute atomic E-state index is 14.3. The maximum Gasteiger partial charge on any atom is 0.255 e. The molecule has 1 aromatic heterocycles. The molecule has 8 heteroatoms. The molecule has 2 amide bonds. The molecule has 6 rings (SSSR count). The standard InChI is InChI=1S/C33H35N3O5/c1-5-16-41-27-15-12-22(17-28(27)40-4)25-19-36-29(37)20-35(18-21-10-13-23(39-3)14-11-21)32(38)33(36,2)31-30(25)24-8-6-7-9-26(24)34-31/h6-15,17,25,34H,5,16,18-20H2,1-4H3. The smallest absolute Gasteiger partial charge is 0.255 e. The quantitative estimate of drug-likeness (QED) is 0.324. The van der Waals surface area contributed by atoms with Crippen molar-refractivity contribution in [2.75, 3.05) is 33.9 Å². The van der Waals surface area contributed by atoms with Crippen LogP contribution in [0.3, 0.4) is 0 Å². The van der Waals surface area contributed by atoms with Crippen molar-refractivity contribution in [3.63, 3.8) is 0 Å². The summed E-state index contributed by atoms with van der Waals surface area (Å²) in [6, 6.07) is 21.7. The molecule has 3 heterocycles. The van der Waals surface area contributed by atoms with Crippen LogP contribution in [0.15, 0.2) is 66.7 Å². The Morgan fingerprint density at radius 1 is 0.976 bits per heavy atom. The summed E-state index contributed by atoms with van der Waals surface area (Å²) in [6.45, 7) is 5.28. The first kappa shape index (κ1) is 26.7. The van der Waals surface area contributed by atoms with Gasteiger partial charge in [-0.25, -0.2) is 0 Å². The number of H-pyrrole nitrogens is 1. The highest BCUT2D eigenvalue weighted by molar-refractivity contribution is 6.01. The SMILES string of the molecule is CCCOc1ccc(C2CN3C(=O)CN(Cc4ccc(OC)cc4)C(=O)C3(C)c3[nH]c4ccccc4c32)cc1OC. The lowest BCUT2D eigenvalue weighted by atomic mass is 9.76. The number of ether oxygens (including phenoxy) is 3. The lowest BCUT2D eigenvalue weighted by molar-refractivity contribution is -0.166. The monoisotopic (exact) mass is 553 g/mol. The lowest BCUT2D eigenvalue weighted by Gasteiger charge is -2.51. The largest absolute Gasteiger partial charge is 0.497 e. The fourth-order valence-electron chi connectivity index (χ4n) is 6.29. The van der Waals surface area contributed by atoms with Gasteiger partial charge in [0.15, 0.2) is 17.0 Å². The van der Waals surface area contributed by atoms with Gasteiger partial charge in [0.05, 0.1) is 26.5 Å². The van der Waals surface area contributed by atoms with Gasteiger partial charge in [0.1, 0.15) is 12.3 Å². The number of hydrogen-bond acceptors (Lipinski definition) is 5. The minimum Gasteiger partial charge on any atom is -0.497 e. The molecule has 0 bridgehead atoms. The molecule has 0 radical (unpaired) electrons. The van der Waals surface area contributed by atoms with Crippen molar-refractivity contribution in [2.45, 2.75) is 38.3 Å². The van der Waals surface area contributed by atoms with Crippen LogP contribution in [0.2, 0.25) is 0 Å². The van der Waals surface area contributed by atoms with E-state index in [1.165, 1.54) is 0 Å². The molecule has 2 unspecified atom stereocenters. The Balaban J connectivity index is 1.44. The molecule has 0 aliphatic carbocycles. The molecule has 2 aliphatic heterocycles. The van der Waals surface area contributed by atoms with E-state index < -0.39 is 5.54 Å². The molecular formula is C33H35N3O5. The fraction of sp³-hybridized carbons (Fsp3) is 0.333. The van der Waals surface area contributed by atoms with Crippen molar-refractivity contribution in [3.8, 4) is 17.2 Å². The van der Waals surface area contributed by atoms with Gasteiger partial charge in [0.2, 0.25) is 5.91 Å². The normalized spacial score (nSPS) is 20.1. The number of rotatable bonds is 8. The molecule has 0 saturated carbocycles. The molecule has 4 aromatic rings. The van der Waals surface area contributed by atoms with Crippen molar-refractivity contribution in [2.24, 2.45) is 0 Å². The fourth-order valence-corrected chi connectivity index (χ4v) is 6.29. The highest BCUT2D eigenvalue weighted by Crippen LogP contribution is 2.49. The van der Waals surface area contributed by atoms with Gasteiger partial charge in [-0.1, -0.05) is 43.3 Å². The number of aromatic nitrogens is 1. The molecule has 2 aliphatic rings. The van der Waals surface area contributed by atoms with Crippen molar-refractivity contribution in [1.82, 2.24) is 14.8 Å². The predicted molar refractivity (Wildman–Crippen MR) is 156 cm³/mol. The van der Waals surface area contributed by atoms with Crippen LogP contribution in [0.5, 0.6) is 17.2 Å². The molecule has 1 N–H and O–H groups in total. The number of aromatic amines is 1. The van der Waals surface area contributed by atoms with E-state index in [9.17, 15) is 9.59 Å². The second-order valence-corrected chi connectivity index (χ2v) is 10.9. The Labute approximate surface area is 239 Å². The van der Waals surface area contributed by atoms with Gasteiger partial charge in [-0.15, -0.1) is 0 Å². The van der Waals surface area contributed by atoms with Crippen LogP contribution in [-0.2, 0) is 21.7 Å². The zero-order valence-electron chi connectivity index (χ0n) is 23.9. The third-order valence-electron chi connectivity index (χ3n) is 8.40. The second-order valence-electron chi connectivity index (χ2n) is 10.9. The molecule has 41 heavy (non-hydrogen) atoms. The summed E-state index contributed by atoms with van der Waals surface area (Å²) in [5.41, 5.74) is 3.51. The van der Waals surface area contributed by atoms with Crippen LogP contribution in [0.25, 0.3) is 10.9 Å². The van der Waals surface area contributed by atoms with E-state index in [-0.39, 0.29) is 24.3 Å². The Kier molecular flexibility index (Phi) is 6.85. The van der Waals surface area contributed by atoms with Crippen LogP contribution in [-0.4, -0.2) is 60.5 Å². The minimum atomic E-state index is -1.17. The summed E-state index contributed by atoms with van der Waals surface area (Å²) in [6.07, 6.45) is 0.894. The van der Waals surface area contributed by atoms with Gasteiger partial charge in [-0.05, 0) is 60.4 Å². The van der Waals surface area contributed by atoms with Gasteiger partial charge in [0.25, 0.3) is 5.91 Å². The summed E-state index contributed by atoms with van der Waals surface area (Å²) in [5.74, 6) is 1.75. The van der Waals surface area contributed by atoms with Crippen molar-refractivity contribution < 1.29 is 23.8 Å². The molecule has 2 atom stereocenters. The van der Waals surface area contributed by atoms with Crippen LogP contribution in [0.4, 0.5) is 0 Å². The van der Waals surface area contributed by atoms with E-state index in [2.05, 4.69) is 18.0 Å². The summed E-state index contributed by atoms with van der Waals surface area (Å²) in [5, 5.41) is 1.05. The second kappa shape index (κ2) is 10.5. The zero-order valence-corrected chi connectivity index (χ0v) is 23.9. The molecule has 8 nitrogen and oxygen atoms in total. The maximum atomic E-state index is 14.3. The third kappa shape index (κ3) is 4.38. The topological polar surface area (TPSA) is 84.1 Å². The van der Waals surface area contributed by atoms with Gasteiger partial charge >= 0.3 is 0 Å². The van der Waals surface area contributed by atoms with Gasteiger partial charge in [-0.2, -0.15) is 0 Å². The van der Waals surface area contributed by atoms with Crippen LogP contribution in [0, 0.1) is 0 Å². The summed E-state index contributed by atoms with van der Waals surface area (Å²) < 4.78 is 16.9. The summed E-state index contributed by atoms with van der Waals surface area (Å²) >= 11 is 0. The lowest BCUT2D eigenvalue weighted by Crippen LogP contribution is -2.67. The van der Waals surface area contributed by atoms with Crippen LogP contribution < -0.4 is 14.2 Å². The van der Waals surface area contributed by atoms with E-state index in [4.69, 9.17) is 14.2 Å². The molecule has 1 saturated heterocycles. The number of para-hydroxylation sites is 1. The first-order valence-electron chi connectivity index (χ1n) is 14.0. The van der Waals surface area contributed by atoms with Gasteiger partial charge < -0.3 is 29.0 Å². The highest BCUT2D eigenvalue weighted by atomic mass is 16.5. The van der Waals surface area contributed by atoms with Crippen LogP contribution >= 0.6 is 0 Å². The van der Waals surface area contributed by atoms with E-state index in [0.717, 1.165) is 45.5 Å². The van der Waals surface area contributed by atoms with E-state index in [0.29, 0.717) is 31.2 Å². The highest BCUT2D eigenvalue weighted by Gasteiger charge is 2.56. The van der Waals surface area contributed by atoms with E-state index in [1.54, 1.807) is 24.0 Å². The first-order chi connectivity index (χ1) is 19.9. The number of nitrogens with one attached hydrogen (secondary N) is 1. The van der Waals surface area contributed by atoms with Crippen molar-refractivity contribution >= 4 is 22.7 Å². The van der Waals surface area contributed by atoms with Gasteiger partial charge in [-0.3, -0.25) is 9.59 Å². The molecule has 1 fully saturated rings. The van der Waals surface area contributed by atoms with E-state index in [1.807, 2.05) is 67.6 Å². The third-order valence-corrected chi connectivity index (χ3v) is 8.40. The van der Waals surface area contributed by atoms with Gasteiger partial charge in [0, 0.05) is 29.9 Å². The summed E-state index contributed by atoms with van der Waals surface area (Å²) in [4.78, 5) is 35.2. The Bertz CT molecular complexity index is 1610. The first-order valence-corrected chi connectivity index (χ1v) is 14.0. The number of carbonyl (C=O) groups excluding carboxylic acids is 2. The van der Waals surface area contributed by atoms with E-state index >= 15 is 0 Å². The molecular weight excluding hydrogens is 518 g/mol. The summed E-state index contributed by atoms with van der Waals surface area (Å²) in [7, 11) is 3.26. The number of fused-ring (bicyclic) bond motifs is 5. The van der Waals surface area contributed by atoms with Crippen molar-refractivity contribution in [3.05, 3.63) is 89.1 Å². The number of hydrogen-bond donors (Lipinski definition) is 1. The average Bonchev–Trinajstić information content (AvgIpc) is 3.40. The number of carbonyl (C=O) groups is 2. The molecule has 3 aromatic carbocycles.